The molecule has 1 fully saturated rings. The van der Waals surface area contributed by atoms with Crippen LogP contribution in [0.25, 0.3) is 5.70 Å². The van der Waals surface area contributed by atoms with E-state index in [-0.39, 0.29) is 11.5 Å². The third-order valence-electron chi connectivity index (χ3n) is 5.55. The molecule has 132 valence electrons. The number of rotatable bonds is 5. The van der Waals surface area contributed by atoms with Crippen LogP contribution in [0.5, 0.6) is 11.5 Å². The van der Waals surface area contributed by atoms with Crippen LogP contribution < -0.4 is 0 Å². The number of allylic oxidation sites excluding steroid dienone is 1. The lowest BCUT2D eigenvalue weighted by atomic mass is 9.63. The molecule has 0 amide bonds. The summed E-state index contributed by atoms with van der Waals surface area (Å²) in [6.45, 7) is 3.95. The smallest absolute Gasteiger partial charge is 0.133 e. The zero-order chi connectivity index (χ0) is 18.1. The summed E-state index contributed by atoms with van der Waals surface area (Å²) in [6.07, 6.45) is 6.03. The molecule has 4 nitrogen and oxygen atoms in total. The summed E-state index contributed by atoms with van der Waals surface area (Å²) in [7, 11) is 0. The summed E-state index contributed by atoms with van der Waals surface area (Å²) < 4.78 is 0. The maximum absolute atomic E-state index is 9.71. The van der Waals surface area contributed by atoms with Crippen LogP contribution in [0.1, 0.15) is 36.8 Å². The number of benzene rings is 2. The molecule has 0 aromatic heterocycles. The van der Waals surface area contributed by atoms with Gasteiger partial charge in [0.1, 0.15) is 17.0 Å². The van der Waals surface area contributed by atoms with Gasteiger partial charge >= 0.3 is 0 Å². The molecule has 1 atom stereocenters. The van der Waals surface area contributed by atoms with Crippen LogP contribution in [-0.2, 0) is 5.54 Å². The van der Waals surface area contributed by atoms with Crippen LogP contribution in [0, 0.1) is 5.92 Å². The maximum atomic E-state index is 9.71. The summed E-state index contributed by atoms with van der Waals surface area (Å²) >= 11 is 0. The number of hydrogen-bond acceptors (Lipinski definition) is 4. The van der Waals surface area contributed by atoms with Crippen molar-refractivity contribution < 1.29 is 10.2 Å². The van der Waals surface area contributed by atoms with Crippen molar-refractivity contribution in [1.29, 1.82) is 0 Å². The van der Waals surface area contributed by atoms with E-state index < -0.39 is 5.54 Å². The minimum absolute atomic E-state index is 0.235. The average molecular weight is 346 g/mol. The molecule has 1 saturated carbocycles. The molecule has 1 aliphatic carbocycles. The number of aromatic hydroxyl groups is 2. The van der Waals surface area contributed by atoms with E-state index in [4.69, 9.17) is 5.11 Å². The van der Waals surface area contributed by atoms with Gasteiger partial charge in [-0.25, -0.2) is 0 Å². The van der Waals surface area contributed by atoms with Crippen molar-refractivity contribution >= 4 is 5.70 Å². The second kappa shape index (κ2) is 6.45. The van der Waals surface area contributed by atoms with Gasteiger partial charge in [0, 0.05) is 5.56 Å². The van der Waals surface area contributed by atoms with Gasteiger partial charge in [0.2, 0.25) is 0 Å². The molecule has 26 heavy (non-hydrogen) atoms. The van der Waals surface area contributed by atoms with Gasteiger partial charge in [0.05, 0.1) is 5.70 Å². The minimum atomic E-state index is -0.493. The zero-order valence-corrected chi connectivity index (χ0v) is 14.6. The molecule has 0 spiro atoms. The Balaban J connectivity index is 1.90. The number of hydrogen-bond donors (Lipinski definition) is 2. The predicted molar refractivity (Wildman–Crippen MR) is 102 cm³/mol. The van der Waals surface area contributed by atoms with Crippen molar-refractivity contribution in [3.8, 4) is 11.5 Å². The van der Waals surface area contributed by atoms with Crippen LogP contribution in [0.4, 0.5) is 0 Å². The van der Waals surface area contributed by atoms with E-state index in [0.717, 1.165) is 35.2 Å². The Morgan fingerprint density at radius 3 is 2.15 bits per heavy atom. The molecule has 2 aromatic rings. The number of nitrogens with zero attached hydrogens (tertiary/aromatic N) is 2. The fraction of sp³-hybridized carbons (Fsp3) is 0.273. The van der Waals surface area contributed by atoms with Crippen molar-refractivity contribution in [2.24, 2.45) is 16.1 Å². The van der Waals surface area contributed by atoms with Crippen molar-refractivity contribution in [2.75, 3.05) is 0 Å². The van der Waals surface area contributed by atoms with Crippen LogP contribution in [0.3, 0.4) is 0 Å². The summed E-state index contributed by atoms with van der Waals surface area (Å²) in [5.41, 5.74) is 3.53. The van der Waals surface area contributed by atoms with Gasteiger partial charge in [-0.1, -0.05) is 24.6 Å². The molecule has 4 heteroatoms. The molecule has 0 radical (unpaired) electrons. The molecular weight excluding hydrogens is 324 g/mol. The number of azo groups is 1. The molecule has 1 aliphatic heterocycles. The lowest BCUT2D eigenvalue weighted by Crippen LogP contribution is -2.38. The van der Waals surface area contributed by atoms with E-state index in [1.165, 1.54) is 6.42 Å². The molecule has 2 N–H and O–H groups in total. The Labute approximate surface area is 153 Å². The Morgan fingerprint density at radius 1 is 1.00 bits per heavy atom. The van der Waals surface area contributed by atoms with Crippen LogP contribution in [0.2, 0.25) is 0 Å². The fourth-order valence-corrected chi connectivity index (χ4v) is 4.02. The second-order valence-corrected chi connectivity index (χ2v) is 7.01. The summed E-state index contributed by atoms with van der Waals surface area (Å²) in [5, 5.41) is 28.7. The van der Waals surface area contributed by atoms with E-state index in [1.54, 1.807) is 24.3 Å². The molecule has 2 aliphatic rings. The van der Waals surface area contributed by atoms with Gasteiger partial charge in [0.15, 0.2) is 0 Å². The van der Waals surface area contributed by atoms with Crippen LogP contribution in [0.15, 0.2) is 77.0 Å². The second-order valence-electron chi connectivity index (χ2n) is 7.01. The Kier molecular flexibility index (Phi) is 4.11. The van der Waals surface area contributed by atoms with Crippen LogP contribution in [-0.4, -0.2) is 10.2 Å². The van der Waals surface area contributed by atoms with Gasteiger partial charge < -0.3 is 10.2 Å². The molecule has 2 aromatic carbocycles. The zero-order valence-electron chi connectivity index (χ0n) is 14.6. The molecule has 4 rings (SSSR count). The van der Waals surface area contributed by atoms with Gasteiger partial charge in [0.25, 0.3) is 0 Å². The highest BCUT2D eigenvalue weighted by atomic mass is 16.3. The first-order valence-corrected chi connectivity index (χ1v) is 9.01. The van der Waals surface area contributed by atoms with Crippen molar-refractivity contribution in [1.82, 2.24) is 0 Å². The molecule has 1 unspecified atom stereocenters. The average Bonchev–Trinajstić information content (AvgIpc) is 2.95. The van der Waals surface area contributed by atoms with Gasteiger partial charge in [-0.15, -0.1) is 6.58 Å². The summed E-state index contributed by atoms with van der Waals surface area (Å²) in [6, 6.07) is 14.4. The molecule has 1 heterocycles. The molecular formula is C22H22N2O2. The van der Waals surface area contributed by atoms with E-state index in [0.29, 0.717) is 12.3 Å². The Hall–Kier alpha value is -2.88. The van der Waals surface area contributed by atoms with Gasteiger partial charge in [-0.3, -0.25) is 0 Å². The highest BCUT2D eigenvalue weighted by Crippen LogP contribution is 2.56. The maximum Gasteiger partial charge on any atom is 0.133 e. The standard InChI is InChI=1S/C22H22N2O2/c1-2-4-20-21(15-7-11-18(25)12-8-15)23-24-22(20,16-5-3-6-16)17-9-13-19(26)14-10-17/h2,7-14,16,25-26H,1,3-6H2. The van der Waals surface area contributed by atoms with E-state index >= 15 is 0 Å². The summed E-state index contributed by atoms with van der Waals surface area (Å²) in [5.74, 6) is 0.888. The van der Waals surface area contributed by atoms with Crippen molar-refractivity contribution in [2.45, 2.75) is 31.2 Å². The first-order chi connectivity index (χ1) is 12.6. The fourth-order valence-electron chi connectivity index (χ4n) is 4.02. The third kappa shape index (κ3) is 2.53. The molecule has 0 bridgehead atoms. The third-order valence-corrected chi connectivity index (χ3v) is 5.55. The highest BCUT2D eigenvalue weighted by Gasteiger charge is 2.50. The predicted octanol–water partition coefficient (Wildman–Crippen LogP) is 5.55. The highest BCUT2D eigenvalue weighted by molar-refractivity contribution is 5.73. The SMILES string of the molecule is C=CCC1=C(c2ccc(O)cc2)N=NC1(c1ccc(O)cc1)C1CCC1. The van der Waals surface area contributed by atoms with Gasteiger partial charge in [-0.05, 0) is 72.7 Å². The lowest BCUT2D eigenvalue weighted by Gasteiger charge is -2.42. The first-order valence-electron chi connectivity index (χ1n) is 9.01. The van der Waals surface area contributed by atoms with Gasteiger partial charge in [-0.2, -0.15) is 10.2 Å². The van der Waals surface area contributed by atoms with E-state index in [9.17, 15) is 10.2 Å². The monoisotopic (exact) mass is 346 g/mol. The van der Waals surface area contributed by atoms with E-state index in [2.05, 4.69) is 11.7 Å². The van der Waals surface area contributed by atoms with Crippen molar-refractivity contribution in [3.05, 3.63) is 77.9 Å². The lowest BCUT2D eigenvalue weighted by molar-refractivity contribution is 0.196. The normalized spacial score (nSPS) is 22.5. The molecule has 0 saturated heterocycles. The topological polar surface area (TPSA) is 65.2 Å². The number of phenols is 2. The Morgan fingerprint density at radius 2 is 1.62 bits per heavy atom. The Bertz CT molecular complexity index is 877. The largest absolute Gasteiger partial charge is 0.508 e. The quantitative estimate of drug-likeness (QED) is 0.697. The van der Waals surface area contributed by atoms with Crippen LogP contribution >= 0.6 is 0 Å². The van der Waals surface area contributed by atoms with E-state index in [1.807, 2.05) is 30.3 Å². The summed E-state index contributed by atoms with van der Waals surface area (Å²) in [4.78, 5) is 0. The van der Waals surface area contributed by atoms with Crippen molar-refractivity contribution in [3.63, 3.8) is 0 Å². The number of phenolic OH excluding ortho intramolecular Hbond substituents is 2. The minimum Gasteiger partial charge on any atom is -0.508 e. The first kappa shape index (κ1) is 16.6.